The van der Waals surface area contributed by atoms with E-state index in [0.29, 0.717) is 11.3 Å². The molecule has 0 aliphatic heterocycles. The standard InChI is InChI=1S/C21H19NO4/c1-13(20(23)22-12-16-5-3-11-25-16)26-21(24)18-10-9-15-8-7-14-4-2-6-17(18)19(14)15/h2-6,9-11,13H,7-8,12H2,1H3,(H,22,23). The molecular weight excluding hydrogens is 330 g/mol. The van der Waals surface area contributed by atoms with E-state index in [1.54, 1.807) is 31.4 Å². The molecule has 0 bridgehead atoms. The number of rotatable bonds is 5. The van der Waals surface area contributed by atoms with Gasteiger partial charge in [0.05, 0.1) is 18.4 Å². The zero-order valence-electron chi connectivity index (χ0n) is 14.5. The Balaban J connectivity index is 1.48. The summed E-state index contributed by atoms with van der Waals surface area (Å²) in [5.74, 6) is -0.202. The largest absolute Gasteiger partial charge is 0.467 e. The van der Waals surface area contributed by atoms with Crippen molar-refractivity contribution in [3.05, 3.63) is 71.2 Å². The maximum absolute atomic E-state index is 12.6. The zero-order chi connectivity index (χ0) is 18.1. The highest BCUT2D eigenvalue weighted by Gasteiger charge is 2.23. The van der Waals surface area contributed by atoms with Gasteiger partial charge in [-0.1, -0.05) is 24.3 Å². The van der Waals surface area contributed by atoms with E-state index < -0.39 is 12.1 Å². The van der Waals surface area contributed by atoms with Crippen LogP contribution in [0.2, 0.25) is 0 Å². The van der Waals surface area contributed by atoms with E-state index in [4.69, 9.17) is 9.15 Å². The Kier molecular flexibility index (Phi) is 4.21. The van der Waals surface area contributed by atoms with Crippen molar-refractivity contribution < 1.29 is 18.7 Å². The van der Waals surface area contributed by atoms with Crippen LogP contribution in [0.15, 0.2) is 53.1 Å². The van der Waals surface area contributed by atoms with Crippen LogP contribution in [0.4, 0.5) is 0 Å². The number of esters is 1. The van der Waals surface area contributed by atoms with E-state index in [1.807, 2.05) is 18.2 Å². The predicted molar refractivity (Wildman–Crippen MR) is 96.8 cm³/mol. The molecule has 1 unspecified atom stereocenters. The first-order valence-electron chi connectivity index (χ1n) is 8.68. The van der Waals surface area contributed by atoms with Crippen molar-refractivity contribution in [2.45, 2.75) is 32.4 Å². The van der Waals surface area contributed by atoms with E-state index in [2.05, 4.69) is 11.4 Å². The number of nitrogens with one attached hydrogen (secondary N) is 1. The van der Waals surface area contributed by atoms with Gasteiger partial charge in [0, 0.05) is 0 Å². The lowest BCUT2D eigenvalue weighted by Crippen LogP contribution is -2.35. The van der Waals surface area contributed by atoms with Crippen LogP contribution in [0.25, 0.3) is 10.8 Å². The summed E-state index contributed by atoms with van der Waals surface area (Å²) >= 11 is 0. The first-order chi connectivity index (χ1) is 12.6. The SMILES string of the molecule is CC(OC(=O)c1ccc2c3c(cccc13)CC2)C(=O)NCc1ccco1. The Morgan fingerprint density at radius 3 is 2.69 bits per heavy atom. The van der Waals surface area contributed by atoms with Crippen molar-refractivity contribution in [2.24, 2.45) is 0 Å². The fourth-order valence-electron chi connectivity index (χ4n) is 3.43. The quantitative estimate of drug-likeness (QED) is 0.717. The number of furan rings is 1. The van der Waals surface area contributed by atoms with Gasteiger partial charge >= 0.3 is 5.97 Å². The number of hydrogen-bond acceptors (Lipinski definition) is 4. The summed E-state index contributed by atoms with van der Waals surface area (Å²) in [4.78, 5) is 24.8. The minimum Gasteiger partial charge on any atom is -0.467 e. The third-order valence-electron chi connectivity index (χ3n) is 4.77. The molecule has 5 nitrogen and oxygen atoms in total. The summed E-state index contributed by atoms with van der Waals surface area (Å²) < 4.78 is 10.6. The molecule has 0 fully saturated rings. The highest BCUT2D eigenvalue weighted by Crippen LogP contribution is 2.33. The van der Waals surface area contributed by atoms with Crippen molar-refractivity contribution in [3.8, 4) is 0 Å². The number of amides is 1. The highest BCUT2D eigenvalue weighted by atomic mass is 16.5. The van der Waals surface area contributed by atoms with Crippen LogP contribution in [0.5, 0.6) is 0 Å². The molecular formula is C21H19NO4. The van der Waals surface area contributed by atoms with E-state index in [0.717, 1.165) is 23.6 Å². The fraction of sp³-hybridized carbons (Fsp3) is 0.238. The van der Waals surface area contributed by atoms with Crippen LogP contribution in [0, 0.1) is 0 Å². The second kappa shape index (κ2) is 6.67. The molecule has 1 heterocycles. The molecule has 2 aromatic carbocycles. The maximum atomic E-state index is 12.6. The lowest BCUT2D eigenvalue weighted by molar-refractivity contribution is -0.129. The highest BCUT2D eigenvalue weighted by molar-refractivity contribution is 6.07. The van der Waals surface area contributed by atoms with Crippen LogP contribution >= 0.6 is 0 Å². The lowest BCUT2D eigenvalue weighted by Gasteiger charge is -2.14. The van der Waals surface area contributed by atoms with Crippen molar-refractivity contribution >= 4 is 22.6 Å². The van der Waals surface area contributed by atoms with Crippen molar-refractivity contribution in [3.63, 3.8) is 0 Å². The van der Waals surface area contributed by atoms with E-state index in [1.165, 1.54) is 11.1 Å². The predicted octanol–water partition coefficient (Wildman–Crippen LogP) is 3.39. The summed E-state index contributed by atoms with van der Waals surface area (Å²) in [6.07, 6.45) is 2.65. The number of aryl methyl sites for hydroxylation is 2. The van der Waals surface area contributed by atoms with Gasteiger partial charge in [-0.25, -0.2) is 4.79 Å². The van der Waals surface area contributed by atoms with Gasteiger partial charge in [0.25, 0.3) is 5.91 Å². The van der Waals surface area contributed by atoms with Gasteiger partial charge < -0.3 is 14.5 Å². The number of benzene rings is 2. The van der Waals surface area contributed by atoms with Crippen LogP contribution in [-0.4, -0.2) is 18.0 Å². The van der Waals surface area contributed by atoms with Gasteiger partial charge in [0.15, 0.2) is 6.10 Å². The normalized spacial score (nSPS) is 13.6. The first-order valence-corrected chi connectivity index (χ1v) is 8.68. The van der Waals surface area contributed by atoms with Gasteiger partial charge in [0.2, 0.25) is 0 Å². The van der Waals surface area contributed by atoms with Gasteiger partial charge in [-0.05, 0) is 59.9 Å². The number of carbonyl (C=O) groups is 2. The summed E-state index contributed by atoms with van der Waals surface area (Å²) in [5.41, 5.74) is 3.02. The third-order valence-corrected chi connectivity index (χ3v) is 4.77. The fourth-order valence-corrected chi connectivity index (χ4v) is 3.43. The van der Waals surface area contributed by atoms with Gasteiger partial charge in [-0.3, -0.25) is 4.79 Å². The number of ether oxygens (including phenoxy) is 1. The molecule has 1 aliphatic rings. The third kappa shape index (κ3) is 2.96. The van der Waals surface area contributed by atoms with E-state index >= 15 is 0 Å². The molecule has 1 atom stereocenters. The molecule has 0 saturated carbocycles. The topological polar surface area (TPSA) is 68.5 Å². The van der Waals surface area contributed by atoms with Crippen LogP contribution in [-0.2, 0) is 28.9 Å². The minimum atomic E-state index is -0.888. The molecule has 3 aromatic rings. The molecule has 1 aromatic heterocycles. The molecule has 1 N–H and O–H groups in total. The van der Waals surface area contributed by atoms with Gasteiger partial charge in [-0.15, -0.1) is 0 Å². The van der Waals surface area contributed by atoms with Crippen LogP contribution < -0.4 is 5.32 Å². The zero-order valence-corrected chi connectivity index (χ0v) is 14.5. The second-order valence-electron chi connectivity index (χ2n) is 6.46. The summed E-state index contributed by atoms with van der Waals surface area (Å²) in [5, 5.41) is 4.74. The molecule has 0 saturated heterocycles. The Bertz CT molecular complexity index is 965. The number of hydrogen-bond donors (Lipinski definition) is 1. The Morgan fingerprint density at radius 1 is 1.12 bits per heavy atom. The molecule has 0 radical (unpaired) electrons. The molecule has 5 heteroatoms. The van der Waals surface area contributed by atoms with Crippen LogP contribution in [0.3, 0.4) is 0 Å². The molecule has 1 amide bonds. The van der Waals surface area contributed by atoms with Crippen molar-refractivity contribution in [2.75, 3.05) is 0 Å². The molecule has 4 rings (SSSR count). The first kappa shape index (κ1) is 16.4. The van der Waals surface area contributed by atoms with Crippen molar-refractivity contribution in [1.29, 1.82) is 0 Å². The molecule has 0 spiro atoms. The van der Waals surface area contributed by atoms with E-state index in [9.17, 15) is 9.59 Å². The second-order valence-corrected chi connectivity index (χ2v) is 6.46. The smallest absolute Gasteiger partial charge is 0.339 e. The van der Waals surface area contributed by atoms with E-state index in [-0.39, 0.29) is 12.5 Å². The monoisotopic (exact) mass is 349 g/mol. The molecule has 1 aliphatic carbocycles. The summed E-state index contributed by atoms with van der Waals surface area (Å²) in [7, 11) is 0. The summed E-state index contributed by atoms with van der Waals surface area (Å²) in [6.45, 7) is 1.82. The minimum absolute atomic E-state index is 0.259. The van der Waals surface area contributed by atoms with Gasteiger partial charge in [0.1, 0.15) is 5.76 Å². The Hall–Kier alpha value is -3.08. The number of carbonyl (C=O) groups excluding carboxylic acids is 2. The Morgan fingerprint density at radius 2 is 1.92 bits per heavy atom. The van der Waals surface area contributed by atoms with Crippen molar-refractivity contribution in [1.82, 2.24) is 5.32 Å². The lowest BCUT2D eigenvalue weighted by atomic mass is 10.00. The Labute approximate surface area is 150 Å². The molecule has 132 valence electrons. The molecule has 26 heavy (non-hydrogen) atoms. The summed E-state index contributed by atoms with van der Waals surface area (Å²) in [6, 6.07) is 13.3. The van der Waals surface area contributed by atoms with Crippen LogP contribution in [0.1, 0.15) is 34.2 Å². The average molecular weight is 349 g/mol. The average Bonchev–Trinajstić information content (AvgIpc) is 3.31. The van der Waals surface area contributed by atoms with Gasteiger partial charge in [-0.2, -0.15) is 0 Å². The maximum Gasteiger partial charge on any atom is 0.339 e.